The number of aryl methyl sites for hydroxylation is 2. The minimum Gasteiger partial charge on any atom is -0.361 e. The van der Waals surface area contributed by atoms with Crippen LogP contribution in [-0.2, 0) is 12.8 Å². The quantitative estimate of drug-likeness (QED) is 0.750. The molecule has 0 amide bonds. The fourth-order valence-corrected chi connectivity index (χ4v) is 2.52. The van der Waals surface area contributed by atoms with Crippen LogP contribution in [0, 0.1) is 0 Å². The van der Waals surface area contributed by atoms with Gasteiger partial charge >= 0.3 is 0 Å². The molecule has 3 nitrogen and oxygen atoms in total. The van der Waals surface area contributed by atoms with Crippen molar-refractivity contribution in [3.63, 3.8) is 0 Å². The number of rotatable bonds is 3. The average Bonchev–Trinajstić information content (AvgIpc) is 2.48. The third-order valence-electron chi connectivity index (χ3n) is 3.35. The molecular formula is C16H13ClN2O. The van der Waals surface area contributed by atoms with Crippen molar-refractivity contribution in [2.24, 2.45) is 0 Å². The van der Waals surface area contributed by atoms with Gasteiger partial charge in [-0.25, -0.2) is 4.98 Å². The molecule has 1 aromatic carbocycles. The molecule has 0 fully saturated rings. The van der Waals surface area contributed by atoms with Crippen molar-refractivity contribution in [2.75, 3.05) is 0 Å². The van der Waals surface area contributed by atoms with E-state index in [1.54, 1.807) is 18.5 Å². The Labute approximate surface area is 121 Å². The van der Waals surface area contributed by atoms with Gasteiger partial charge in [-0.1, -0.05) is 41.9 Å². The number of hydrogen-bond donors (Lipinski definition) is 1. The predicted molar refractivity (Wildman–Crippen MR) is 81.2 cm³/mol. The summed E-state index contributed by atoms with van der Waals surface area (Å²) in [6, 6.07) is 11.9. The molecule has 1 N–H and O–H groups in total. The maximum absolute atomic E-state index is 12.4. The first-order valence-electron chi connectivity index (χ1n) is 6.44. The Hall–Kier alpha value is -2.13. The minimum atomic E-state index is -0.0345. The Kier molecular flexibility index (Phi) is 3.52. The van der Waals surface area contributed by atoms with Gasteiger partial charge in [-0.3, -0.25) is 4.79 Å². The largest absolute Gasteiger partial charge is 0.361 e. The molecule has 0 unspecified atom stereocenters. The fraction of sp³-hybridized carbons (Fsp3) is 0.125. The van der Waals surface area contributed by atoms with E-state index in [-0.39, 0.29) is 10.6 Å². The highest BCUT2D eigenvalue weighted by Crippen LogP contribution is 2.16. The fourth-order valence-electron chi connectivity index (χ4n) is 2.27. The van der Waals surface area contributed by atoms with E-state index in [9.17, 15) is 4.79 Å². The second kappa shape index (κ2) is 5.47. The lowest BCUT2D eigenvalue weighted by Gasteiger charge is -2.04. The average molecular weight is 285 g/mol. The van der Waals surface area contributed by atoms with Crippen LogP contribution in [0.15, 0.2) is 53.6 Å². The third-order valence-corrected chi connectivity index (χ3v) is 3.64. The van der Waals surface area contributed by atoms with E-state index in [2.05, 4.69) is 22.1 Å². The summed E-state index contributed by atoms with van der Waals surface area (Å²) >= 11 is 6.02. The van der Waals surface area contributed by atoms with Crippen molar-refractivity contribution in [3.8, 4) is 0 Å². The Balaban J connectivity index is 1.95. The molecule has 0 spiro atoms. The number of aromatic amines is 1. The summed E-state index contributed by atoms with van der Waals surface area (Å²) in [4.78, 5) is 19.5. The molecule has 0 radical (unpaired) electrons. The van der Waals surface area contributed by atoms with E-state index in [4.69, 9.17) is 11.6 Å². The monoisotopic (exact) mass is 284 g/mol. The van der Waals surface area contributed by atoms with Crippen molar-refractivity contribution >= 4 is 22.5 Å². The van der Waals surface area contributed by atoms with Crippen LogP contribution in [0.5, 0.6) is 0 Å². The predicted octanol–water partition coefficient (Wildman–Crippen LogP) is 3.36. The number of halogens is 1. The van der Waals surface area contributed by atoms with Gasteiger partial charge < -0.3 is 4.98 Å². The van der Waals surface area contributed by atoms with E-state index in [0.717, 1.165) is 17.5 Å². The lowest BCUT2D eigenvalue weighted by Crippen LogP contribution is -2.12. The van der Waals surface area contributed by atoms with Gasteiger partial charge in [0.05, 0.1) is 10.9 Å². The van der Waals surface area contributed by atoms with Crippen LogP contribution >= 0.6 is 11.6 Å². The maximum Gasteiger partial charge on any atom is 0.195 e. The van der Waals surface area contributed by atoms with E-state index in [1.807, 2.05) is 18.2 Å². The standard InChI is InChI=1S/C16H13ClN2O/c17-16-14-13(8-9-18-16)19-10-12(15(14)20)7-6-11-4-2-1-3-5-11/h1-5,8-10H,6-7H2,(H,19,20). The van der Waals surface area contributed by atoms with Gasteiger partial charge in [0.15, 0.2) is 5.43 Å². The van der Waals surface area contributed by atoms with Crippen LogP contribution in [0.2, 0.25) is 5.15 Å². The van der Waals surface area contributed by atoms with Crippen LogP contribution in [-0.4, -0.2) is 9.97 Å². The molecule has 2 heterocycles. The number of hydrogen-bond acceptors (Lipinski definition) is 2. The Morgan fingerprint density at radius 3 is 2.70 bits per heavy atom. The Morgan fingerprint density at radius 2 is 1.90 bits per heavy atom. The molecular weight excluding hydrogens is 272 g/mol. The smallest absolute Gasteiger partial charge is 0.195 e. The molecule has 2 aromatic heterocycles. The van der Waals surface area contributed by atoms with E-state index < -0.39 is 0 Å². The third kappa shape index (κ3) is 2.45. The lowest BCUT2D eigenvalue weighted by atomic mass is 10.0. The second-order valence-electron chi connectivity index (χ2n) is 4.65. The number of H-pyrrole nitrogens is 1. The molecule has 0 saturated carbocycles. The van der Waals surface area contributed by atoms with Gasteiger partial charge in [-0.15, -0.1) is 0 Å². The minimum absolute atomic E-state index is 0.0345. The SMILES string of the molecule is O=c1c(CCc2ccccc2)c[nH]c2ccnc(Cl)c12. The topological polar surface area (TPSA) is 45.8 Å². The first-order chi connectivity index (χ1) is 9.75. The first-order valence-corrected chi connectivity index (χ1v) is 6.82. The number of aromatic nitrogens is 2. The molecule has 20 heavy (non-hydrogen) atoms. The van der Waals surface area contributed by atoms with E-state index in [0.29, 0.717) is 11.8 Å². The van der Waals surface area contributed by atoms with Crippen molar-refractivity contribution < 1.29 is 0 Å². The van der Waals surface area contributed by atoms with Crippen LogP contribution in [0.3, 0.4) is 0 Å². The molecule has 100 valence electrons. The van der Waals surface area contributed by atoms with Crippen molar-refractivity contribution in [1.82, 2.24) is 9.97 Å². The highest BCUT2D eigenvalue weighted by molar-refractivity contribution is 6.34. The molecule has 0 bridgehead atoms. The molecule has 0 aliphatic rings. The highest BCUT2D eigenvalue weighted by Gasteiger charge is 2.09. The van der Waals surface area contributed by atoms with Gasteiger partial charge in [0.2, 0.25) is 0 Å². The molecule has 0 saturated heterocycles. The molecule has 4 heteroatoms. The van der Waals surface area contributed by atoms with E-state index in [1.165, 1.54) is 5.56 Å². The summed E-state index contributed by atoms with van der Waals surface area (Å²) in [5, 5.41) is 0.727. The first kappa shape index (κ1) is 12.9. The molecule has 3 aromatic rings. The van der Waals surface area contributed by atoms with Crippen molar-refractivity contribution in [1.29, 1.82) is 0 Å². The second-order valence-corrected chi connectivity index (χ2v) is 5.01. The van der Waals surface area contributed by atoms with Crippen molar-refractivity contribution in [2.45, 2.75) is 12.8 Å². The zero-order chi connectivity index (χ0) is 13.9. The number of nitrogens with one attached hydrogen (secondary N) is 1. The summed E-state index contributed by atoms with van der Waals surface area (Å²) in [5.41, 5.74) is 2.63. The molecule has 0 aliphatic heterocycles. The van der Waals surface area contributed by atoms with Crippen LogP contribution in [0.4, 0.5) is 0 Å². The van der Waals surface area contributed by atoms with Crippen LogP contribution < -0.4 is 5.43 Å². The maximum atomic E-state index is 12.4. The van der Waals surface area contributed by atoms with Crippen LogP contribution in [0.1, 0.15) is 11.1 Å². The van der Waals surface area contributed by atoms with Crippen molar-refractivity contribution in [3.05, 3.63) is 75.3 Å². The summed E-state index contributed by atoms with van der Waals surface area (Å²) in [6.07, 6.45) is 4.86. The summed E-state index contributed by atoms with van der Waals surface area (Å²) in [7, 11) is 0. The van der Waals surface area contributed by atoms with Crippen LogP contribution in [0.25, 0.3) is 10.9 Å². The highest BCUT2D eigenvalue weighted by atomic mass is 35.5. The summed E-state index contributed by atoms with van der Waals surface area (Å²) in [5.74, 6) is 0. The lowest BCUT2D eigenvalue weighted by molar-refractivity contribution is 0.945. The Morgan fingerprint density at radius 1 is 1.10 bits per heavy atom. The number of benzene rings is 1. The Bertz CT molecular complexity index is 796. The normalized spacial score (nSPS) is 10.8. The summed E-state index contributed by atoms with van der Waals surface area (Å²) in [6.45, 7) is 0. The van der Waals surface area contributed by atoms with Gasteiger partial charge in [0.25, 0.3) is 0 Å². The molecule has 3 rings (SSSR count). The molecule has 0 atom stereocenters. The van der Waals surface area contributed by atoms with Gasteiger partial charge in [-0.2, -0.15) is 0 Å². The number of pyridine rings is 2. The zero-order valence-corrected chi connectivity index (χ0v) is 11.5. The number of fused-ring (bicyclic) bond motifs is 1. The molecule has 0 aliphatic carbocycles. The van der Waals surface area contributed by atoms with E-state index >= 15 is 0 Å². The van der Waals surface area contributed by atoms with Gasteiger partial charge in [0.1, 0.15) is 5.15 Å². The van der Waals surface area contributed by atoms with Gasteiger partial charge in [0, 0.05) is 18.0 Å². The summed E-state index contributed by atoms with van der Waals surface area (Å²) < 4.78 is 0. The zero-order valence-electron chi connectivity index (χ0n) is 10.8. The van der Waals surface area contributed by atoms with Gasteiger partial charge in [-0.05, 0) is 24.5 Å². The number of nitrogens with zero attached hydrogens (tertiary/aromatic N) is 1.